The van der Waals surface area contributed by atoms with Gasteiger partial charge in [0.25, 0.3) is 5.56 Å². The predicted octanol–water partition coefficient (Wildman–Crippen LogP) is 5.88. The molecule has 192 valence electrons. The molecule has 39 heavy (non-hydrogen) atoms. The molecular formula is C30H20N2O6S. The molecule has 1 aliphatic rings. The van der Waals surface area contributed by atoms with Crippen LogP contribution in [0.15, 0.2) is 89.7 Å². The zero-order chi connectivity index (χ0) is 27.1. The van der Waals surface area contributed by atoms with Crippen LogP contribution in [0.4, 0.5) is 10.5 Å². The van der Waals surface area contributed by atoms with Crippen molar-refractivity contribution in [2.24, 2.45) is 0 Å². The second kappa shape index (κ2) is 9.70. The number of aromatic amines is 1. The van der Waals surface area contributed by atoms with Crippen LogP contribution < -0.4 is 10.9 Å². The summed E-state index contributed by atoms with van der Waals surface area (Å²) in [6, 6.07) is 25.5. The van der Waals surface area contributed by atoms with Crippen molar-refractivity contribution in [1.82, 2.24) is 4.98 Å². The Bertz CT molecular complexity index is 1790. The highest BCUT2D eigenvalue weighted by molar-refractivity contribution is 7.21. The number of fused-ring (bicyclic) bond motifs is 4. The van der Waals surface area contributed by atoms with E-state index in [9.17, 15) is 24.3 Å². The number of rotatable bonds is 6. The van der Waals surface area contributed by atoms with Gasteiger partial charge in [0.05, 0.1) is 5.69 Å². The second-order valence-corrected chi connectivity index (χ2v) is 10.0. The SMILES string of the molecule is O=C(Nc1c(C(=O)c2ccccc2)sc2[nH]c(=O)c(C(=O)O)cc12)OCC1c2ccccc2-c2ccccc21. The number of carboxylic acid groups (broad SMARTS) is 1. The van der Waals surface area contributed by atoms with Crippen LogP contribution in [0.25, 0.3) is 21.3 Å². The molecule has 0 fully saturated rings. The Kier molecular flexibility index (Phi) is 6.05. The summed E-state index contributed by atoms with van der Waals surface area (Å²) >= 11 is 0.960. The van der Waals surface area contributed by atoms with Crippen molar-refractivity contribution in [3.63, 3.8) is 0 Å². The van der Waals surface area contributed by atoms with E-state index in [0.29, 0.717) is 5.56 Å². The summed E-state index contributed by atoms with van der Waals surface area (Å²) in [5.74, 6) is -1.97. The number of benzene rings is 3. The molecule has 3 N–H and O–H groups in total. The van der Waals surface area contributed by atoms with Crippen LogP contribution in [0.1, 0.15) is 42.6 Å². The van der Waals surface area contributed by atoms with Gasteiger partial charge < -0.3 is 14.8 Å². The molecule has 8 nitrogen and oxygen atoms in total. The molecule has 0 spiro atoms. The topological polar surface area (TPSA) is 126 Å². The minimum Gasteiger partial charge on any atom is -0.477 e. The van der Waals surface area contributed by atoms with Crippen molar-refractivity contribution >= 4 is 45.1 Å². The van der Waals surface area contributed by atoms with Gasteiger partial charge in [-0.3, -0.25) is 14.9 Å². The fourth-order valence-corrected chi connectivity index (χ4v) is 6.05. The molecule has 0 atom stereocenters. The first-order valence-electron chi connectivity index (χ1n) is 12.1. The molecule has 2 aromatic heterocycles. The van der Waals surface area contributed by atoms with Crippen LogP contribution >= 0.6 is 11.3 Å². The lowest BCUT2D eigenvalue weighted by Crippen LogP contribution is -2.19. The number of carbonyl (C=O) groups excluding carboxylic acids is 2. The maximum Gasteiger partial charge on any atom is 0.411 e. The van der Waals surface area contributed by atoms with Crippen LogP contribution in [0.3, 0.4) is 0 Å². The van der Waals surface area contributed by atoms with E-state index in [-0.39, 0.29) is 39.1 Å². The van der Waals surface area contributed by atoms with Crippen molar-refractivity contribution in [3.8, 4) is 11.1 Å². The molecule has 1 aliphatic carbocycles. The van der Waals surface area contributed by atoms with Gasteiger partial charge in [-0.15, -0.1) is 11.3 Å². The van der Waals surface area contributed by atoms with Gasteiger partial charge in [0.2, 0.25) is 5.78 Å². The van der Waals surface area contributed by atoms with E-state index in [4.69, 9.17) is 4.74 Å². The summed E-state index contributed by atoms with van der Waals surface area (Å²) in [5, 5.41) is 12.3. The van der Waals surface area contributed by atoms with Crippen LogP contribution in [0, 0.1) is 0 Å². The van der Waals surface area contributed by atoms with Gasteiger partial charge in [-0.25, -0.2) is 9.59 Å². The third-order valence-corrected chi connectivity index (χ3v) is 7.87. The molecule has 3 aromatic carbocycles. The number of nitrogens with one attached hydrogen (secondary N) is 2. The van der Waals surface area contributed by atoms with Gasteiger partial charge in [-0.2, -0.15) is 0 Å². The van der Waals surface area contributed by atoms with Crippen molar-refractivity contribution in [1.29, 1.82) is 0 Å². The van der Waals surface area contributed by atoms with Gasteiger partial charge in [0, 0.05) is 16.9 Å². The number of hydrogen-bond acceptors (Lipinski definition) is 6. The molecule has 6 rings (SSSR count). The summed E-state index contributed by atoms with van der Waals surface area (Å²) in [7, 11) is 0. The van der Waals surface area contributed by atoms with E-state index in [1.807, 2.05) is 48.5 Å². The summed E-state index contributed by atoms with van der Waals surface area (Å²) in [5.41, 5.74) is 3.43. The highest BCUT2D eigenvalue weighted by atomic mass is 32.1. The average molecular weight is 537 g/mol. The van der Waals surface area contributed by atoms with Crippen molar-refractivity contribution in [2.75, 3.05) is 11.9 Å². The van der Waals surface area contributed by atoms with Gasteiger partial charge in [-0.1, -0.05) is 78.9 Å². The number of anilines is 1. The van der Waals surface area contributed by atoms with Crippen LogP contribution in [-0.4, -0.2) is 34.5 Å². The molecule has 9 heteroatoms. The zero-order valence-electron chi connectivity index (χ0n) is 20.3. The van der Waals surface area contributed by atoms with E-state index >= 15 is 0 Å². The number of hydrogen-bond donors (Lipinski definition) is 3. The number of amides is 1. The van der Waals surface area contributed by atoms with Gasteiger partial charge in [-0.05, 0) is 28.3 Å². The van der Waals surface area contributed by atoms with Crippen molar-refractivity contribution in [3.05, 3.63) is 122 Å². The fourth-order valence-electron chi connectivity index (χ4n) is 4.95. The number of thiophene rings is 1. The van der Waals surface area contributed by atoms with Gasteiger partial charge >= 0.3 is 12.1 Å². The number of ketones is 1. The lowest BCUT2D eigenvalue weighted by atomic mass is 9.98. The molecular weight excluding hydrogens is 516 g/mol. The number of carbonyl (C=O) groups is 3. The molecule has 2 heterocycles. The fraction of sp³-hybridized carbons (Fsp3) is 0.0667. The first kappa shape index (κ1) is 24.3. The first-order valence-corrected chi connectivity index (χ1v) is 12.9. The van der Waals surface area contributed by atoms with E-state index in [1.165, 1.54) is 0 Å². The number of aromatic nitrogens is 1. The Morgan fingerprint density at radius 2 is 1.51 bits per heavy atom. The van der Waals surface area contributed by atoms with E-state index in [1.54, 1.807) is 30.3 Å². The third kappa shape index (κ3) is 4.28. The Morgan fingerprint density at radius 1 is 0.897 bits per heavy atom. The summed E-state index contributed by atoms with van der Waals surface area (Å²) in [6.07, 6.45) is -0.804. The minimum atomic E-state index is -1.42. The number of pyridine rings is 1. The van der Waals surface area contributed by atoms with Crippen molar-refractivity contribution < 1.29 is 24.2 Å². The maximum absolute atomic E-state index is 13.4. The number of carboxylic acids is 1. The Hall–Kier alpha value is -5.02. The molecule has 0 saturated heterocycles. The Balaban J connectivity index is 1.34. The van der Waals surface area contributed by atoms with Crippen LogP contribution in [-0.2, 0) is 4.74 Å². The normalized spacial score (nSPS) is 12.1. The molecule has 5 aromatic rings. The summed E-state index contributed by atoms with van der Waals surface area (Å²) < 4.78 is 5.66. The highest BCUT2D eigenvalue weighted by Gasteiger charge is 2.30. The number of H-pyrrole nitrogens is 1. The molecule has 0 bridgehead atoms. The summed E-state index contributed by atoms with van der Waals surface area (Å²) in [6.45, 7) is 0.0567. The first-order chi connectivity index (χ1) is 18.9. The lowest BCUT2D eigenvalue weighted by Gasteiger charge is -2.15. The maximum atomic E-state index is 13.4. The quantitative estimate of drug-likeness (QED) is 0.233. The minimum absolute atomic E-state index is 0.0567. The number of aromatic carboxylic acids is 1. The van der Waals surface area contributed by atoms with Crippen molar-refractivity contribution in [2.45, 2.75) is 5.92 Å². The third-order valence-electron chi connectivity index (χ3n) is 6.75. The Morgan fingerprint density at radius 3 is 2.15 bits per heavy atom. The predicted molar refractivity (Wildman–Crippen MR) is 148 cm³/mol. The van der Waals surface area contributed by atoms with Gasteiger partial charge in [0.15, 0.2) is 0 Å². The van der Waals surface area contributed by atoms with E-state index in [2.05, 4.69) is 10.3 Å². The van der Waals surface area contributed by atoms with E-state index < -0.39 is 23.2 Å². The second-order valence-electron chi connectivity index (χ2n) is 9.01. The van der Waals surface area contributed by atoms with Crippen LogP contribution in [0.5, 0.6) is 0 Å². The molecule has 0 saturated carbocycles. The van der Waals surface area contributed by atoms with Crippen LogP contribution in [0.2, 0.25) is 0 Å². The Labute approximate surface area is 225 Å². The molecule has 0 radical (unpaired) electrons. The smallest absolute Gasteiger partial charge is 0.411 e. The highest BCUT2D eigenvalue weighted by Crippen LogP contribution is 2.44. The molecule has 0 unspecified atom stereocenters. The van der Waals surface area contributed by atoms with E-state index in [0.717, 1.165) is 39.7 Å². The molecule has 1 amide bonds. The molecule has 0 aliphatic heterocycles. The van der Waals surface area contributed by atoms with Gasteiger partial charge in [0.1, 0.15) is 21.9 Å². The summed E-state index contributed by atoms with van der Waals surface area (Å²) in [4.78, 5) is 53.3. The lowest BCUT2D eigenvalue weighted by molar-refractivity contribution is 0.0695. The zero-order valence-corrected chi connectivity index (χ0v) is 21.1. The monoisotopic (exact) mass is 536 g/mol. The number of ether oxygens (including phenoxy) is 1. The standard InChI is InChI=1S/C30H20N2O6S/c33-25(16-8-2-1-3-9-16)26-24(21-14-22(29(35)36)27(34)32-28(21)39-26)31-30(37)38-15-23-19-12-6-4-10-17(19)18-11-5-7-13-20(18)23/h1-14,23H,15H2,(H,31,37)(H,32,34)(H,35,36). The largest absolute Gasteiger partial charge is 0.477 e. The average Bonchev–Trinajstić information content (AvgIpc) is 3.46.